The second-order valence-corrected chi connectivity index (χ2v) is 23.8. The minimum atomic E-state index is 1.05. The summed E-state index contributed by atoms with van der Waals surface area (Å²) in [4.78, 5) is 4.76. The van der Waals surface area contributed by atoms with Gasteiger partial charge in [0.25, 0.3) is 0 Å². The maximum absolute atomic E-state index is 4.76. The van der Waals surface area contributed by atoms with Crippen LogP contribution in [-0.4, -0.2) is 4.98 Å². The average molecular weight is 1190 g/mol. The number of benzene rings is 9. The Morgan fingerprint density at radius 1 is 0.222 bits per heavy atom. The number of nitrogens with zero attached hydrogens (tertiary/aromatic N) is 1. The zero-order valence-electron chi connectivity index (χ0n) is 60.3. The SMILES string of the molecule is CC.CC.CC.CC.CC.Cc1cc2c(c(C)c1C)-c1ccccc1C2.Cc1cc2c(c(C)c1C)-c1ccccc1C2.Cc1cc2c(c(C)c1C)Cc1ccccc1-2.Cc1cc2c(c(C)c1C)Cc1ccccc1-2.Cc1nc2c(c(C)c1C)Cc1ccccc1-2. The van der Waals surface area contributed by atoms with Gasteiger partial charge in [0.1, 0.15) is 0 Å². The van der Waals surface area contributed by atoms with E-state index >= 15 is 0 Å². The van der Waals surface area contributed by atoms with Crippen molar-refractivity contribution in [2.75, 3.05) is 0 Å². The van der Waals surface area contributed by atoms with Gasteiger partial charge in [0, 0.05) is 17.7 Å². The van der Waals surface area contributed by atoms with Gasteiger partial charge < -0.3 is 0 Å². The molecule has 9 aromatic carbocycles. The zero-order valence-corrected chi connectivity index (χ0v) is 60.3. The van der Waals surface area contributed by atoms with Gasteiger partial charge in [-0.15, -0.1) is 0 Å². The molecule has 1 heterocycles. The van der Waals surface area contributed by atoms with Gasteiger partial charge in [-0.1, -0.05) is 215 Å². The van der Waals surface area contributed by atoms with Gasteiger partial charge in [-0.05, 0) is 308 Å². The quantitative estimate of drug-likeness (QED) is 0.147. The maximum atomic E-state index is 4.76. The van der Waals surface area contributed by atoms with Crippen LogP contribution in [0.2, 0.25) is 0 Å². The van der Waals surface area contributed by atoms with Crippen molar-refractivity contribution in [2.24, 2.45) is 0 Å². The normalized spacial score (nSPS) is 11.4. The molecule has 90 heavy (non-hydrogen) atoms. The van der Waals surface area contributed by atoms with E-state index in [1.165, 1.54) is 189 Å². The molecule has 0 aliphatic heterocycles. The summed E-state index contributed by atoms with van der Waals surface area (Å²) in [7, 11) is 0. The first kappa shape index (κ1) is 71.2. The lowest BCUT2D eigenvalue weighted by atomic mass is 9.93. The standard InChI is InChI=1S/4C16H16.C15H15N.5C2H6/c2*1-10-8-14-9-13-6-4-5-7-15(13)16(14)12(3)11(10)2;2*1-10-8-16-14-7-5-4-6-13(14)9-15(16)12(3)11(10)2;1-9-10(2)14-8-12-6-4-5-7-13(12)15(14)16-11(9)3;5*1-2/h4*4-8H,9H2,1-3H3;4-7H,8H2,1-3H3;5*1-2H3. The molecule has 1 nitrogen and oxygen atoms in total. The van der Waals surface area contributed by atoms with E-state index in [-0.39, 0.29) is 0 Å². The van der Waals surface area contributed by atoms with Gasteiger partial charge in [-0.25, -0.2) is 0 Å². The summed E-state index contributed by atoms with van der Waals surface area (Å²) in [6.45, 7) is 53.3. The zero-order chi connectivity index (χ0) is 66.4. The van der Waals surface area contributed by atoms with Crippen LogP contribution in [0.25, 0.3) is 55.8 Å². The molecule has 0 spiro atoms. The average Bonchev–Trinajstić information content (AvgIpc) is 1.68. The summed E-state index contributed by atoms with van der Waals surface area (Å²) in [5.41, 5.74) is 50.2. The molecule has 10 aromatic rings. The molecule has 15 rings (SSSR count). The fraction of sp³-hybridized carbons (Fsp3) is 0.337. The lowest BCUT2D eigenvalue weighted by Gasteiger charge is -2.11. The predicted octanol–water partition coefficient (Wildman–Crippen LogP) is 25.4. The molecular formula is C89H109N. The minimum Gasteiger partial charge on any atom is -0.253 e. The number of aryl methyl sites for hydroxylation is 5. The van der Waals surface area contributed by atoms with E-state index in [4.69, 9.17) is 4.98 Å². The van der Waals surface area contributed by atoms with Crippen LogP contribution in [0.4, 0.5) is 0 Å². The second-order valence-electron chi connectivity index (χ2n) is 23.8. The molecule has 0 fully saturated rings. The lowest BCUT2D eigenvalue weighted by Crippen LogP contribution is -1.97. The van der Waals surface area contributed by atoms with Crippen LogP contribution in [0.15, 0.2) is 146 Å². The topological polar surface area (TPSA) is 12.9 Å². The number of pyridine rings is 1. The van der Waals surface area contributed by atoms with Gasteiger partial charge in [0.2, 0.25) is 0 Å². The summed E-state index contributed by atoms with van der Waals surface area (Å²) in [6.07, 6.45) is 5.48. The monoisotopic (exact) mass is 1190 g/mol. The van der Waals surface area contributed by atoms with Crippen molar-refractivity contribution >= 4 is 0 Å². The Labute approximate surface area is 547 Å². The number of hydrogen-bond acceptors (Lipinski definition) is 1. The fourth-order valence-electron chi connectivity index (χ4n) is 13.6. The first-order valence-corrected chi connectivity index (χ1v) is 34.2. The smallest absolute Gasteiger partial charge is 0.0746 e. The van der Waals surface area contributed by atoms with Crippen LogP contribution >= 0.6 is 0 Å². The number of rotatable bonds is 0. The summed E-state index contributed by atoms with van der Waals surface area (Å²) in [5, 5.41) is 0. The third-order valence-electron chi connectivity index (χ3n) is 19.5. The predicted molar refractivity (Wildman–Crippen MR) is 399 cm³/mol. The Bertz CT molecular complexity index is 3770. The van der Waals surface area contributed by atoms with E-state index in [9.17, 15) is 0 Å². The molecule has 0 N–H and O–H groups in total. The molecule has 0 unspecified atom stereocenters. The van der Waals surface area contributed by atoms with Crippen molar-refractivity contribution in [3.8, 4) is 55.8 Å². The Morgan fingerprint density at radius 2 is 0.489 bits per heavy atom. The first-order valence-electron chi connectivity index (χ1n) is 34.2. The maximum Gasteiger partial charge on any atom is 0.0746 e. The molecule has 5 aliphatic rings. The Balaban J connectivity index is 0.000000173. The summed E-state index contributed by atoms with van der Waals surface area (Å²) in [5.74, 6) is 0. The lowest BCUT2D eigenvalue weighted by molar-refractivity contribution is 1.09. The van der Waals surface area contributed by atoms with E-state index in [0.29, 0.717) is 0 Å². The Hall–Kier alpha value is -7.87. The molecule has 0 radical (unpaired) electrons. The van der Waals surface area contributed by atoms with Crippen LogP contribution in [-0.2, 0) is 32.1 Å². The van der Waals surface area contributed by atoms with E-state index in [0.717, 1.165) is 37.8 Å². The van der Waals surface area contributed by atoms with Crippen LogP contribution < -0.4 is 0 Å². The number of aromatic nitrogens is 1. The van der Waals surface area contributed by atoms with Crippen LogP contribution in [0.1, 0.15) is 208 Å². The second kappa shape index (κ2) is 32.2. The molecule has 0 atom stereocenters. The molecule has 0 saturated carbocycles. The van der Waals surface area contributed by atoms with Crippen LogP contribution in [0.5, 0.6) is 0 Å². The largest absolute Gasteiger partial charge is 0.253 e. The first-order chi connectivity index (χ1) is 43.4. The third kappa shape index (κ3) is 14.3. The molecule has 1 aromatic heterocycles. The highest BCUT2D eigenvalue weighted by molar-refractivity contribution is 5.83. The van der Waals surface area contributed by atoms with Crippen molar-refractivity contribution in [3.05, 3.63) is 285 Å². The fourth-order valence-corrected chi connectivity index (χ4v) is 13.6. The van der Waals surface area contributed by atoms with Gasteiger partial charge in [0.15, 0.2) is 0 Å². The van der Waals surface area contributed by atoms with Crippen molar-refractivity contribution in [2.45, 2.75) is 205 Å². The van der Waals surface area contributed by atoms with Crippen molar-refractivity contribution < 1.29 is 0 Å². The molecule has 0 amide bonds. The van der Waals surface area contributed by atoms with Crippen LogP contribution in [0.3, 0.4) is 0 Å². The van der Waals surface area contributed by atoms with Crippen molar-refractivity contribution in [1.82, 2.24) is 4.98 Å². The van der Waals surface area contributed by atoms with Gasteiger partial charge in [0.05, 0.1) is 5.69 Å². The van der Waals surface area contributed by atoms with Gasteiger partial charge >= 0.3 is 0 Å². The number of hydrogen-bond donors (Lipinski definition) is 0. The van der Waals surface area contributed by atoms with E-state index in [1.807, 2.05) is 69.2 Å². The van der Waals surface area contributed by atoms with Crippen molar-refractivity contribution in [3.63, 3.8) is 0 Å². The Morgan fingerprint density at radius 3 is 0.856 bits per heavy atom. The van der Waals surface area contributed by atoms with E-state index in [1.54, 1.807) is 0 Å². The van der Waals surface area contributed by atoms with Gasteiger partial charge in [-0.2, -0.15) is 0 Å². The molecule has 5 aliphatic carbocycles. The number of fused-ring (bicyclic) bond motifs is 15. The summed E-state index contributed by atoms with van der Waals surface area (Å²) < 4.78 is 0. The highest BCUT2D eigenvalue weighted by Gasteiger charge is 2.26. The Kier molecular flexibility index (Phi) is 25.5. The molecule has 0 saturated heterocycles. The van der Waals surface area contributed by atoms with E-state index in [2.05, 4.69) is 249 Å². The molecular weight excluding hydrogens is 1080 g/mol. The third-order valence-corrected chi connectivity index (χ3v) is 19.5. The molecule has 0 bridgehead atoms. The molecule has 470 valence electrons. The summed E-state index contributed by atoms with van der Waals surface area (Å²) in [6, 6.07) is 53.1. The summed E-state index contributed by atoms with van der Waals surface area (Å²) >= 11 is 0. The molecule has 1 heteroatoms. The van der Waals surface area contributed by atoms with E-state index < -0.39 is 0 Å². The van der Waals surface area contributed by atoms with Gasteiger partial charge in [-0.3, -0.25) is 4.98 Å². The highest BCUT2D eigenvalue weighted by Crippen LogP contribution is 2.45. The highest BCUT2D eigenvalue weighted by atomic mass is 14.7. The minimum absolute atomic E-state index is 1.05. The van der Waals surface area contributed by atoms with Crippen molar-refractivity contribution in [1.29, 1.82) is 0 Å². The van der Waals surface area contributed by atoms with Crippen LogP contribution in [0, 0.1) is 104 Å².